The van der Waals surface area contributed by atoms with Gasteiger partial charge in [0.1, 0.15) is 5.60 Å². The fraction of sp³-hybridized carbons (Fsp3) is 0.391. The Morgan fingerprint density at radius 2 is 1.83 bits per heavy atom. The van der Waals surface area contributed by atoms with Crippen LogP contribution in [0.3, 0.4) is 0 Å². The van der Waals surface area contributed by atoms with Gasteiger partial charge in [-0.05, 0) is 44.0 Å². The number of cyclic esters (lactones) is 1. The molecule has 0 spiro atoms. The summed E-state index contributed by atoms with van der Waals surface area (Å²) in [5, 5.41) is 10.5. The van der Waals surface area contributed by atoms with E-state index in [0.29, 0.717) is 24.9 Å². The Morgan fingerprint density at radius 1 is 1.21 bits per heavy atom. The molecule has 3 rings (SSSR count). The molecule has 3 N–H and O–H groups in total. The minimum absolute atomic E-state index is 0.222. The van der Waals surface area contributed by atoms with Gasteiger partial charge in [-0.3, -0.25) is 4.79 Å². The van der Waals surface area contributed by atoms with Crippen LogP contribution in [-0.4, -0.2) is 34.2 Å². The van der Waals surface area contributed by atoms with Crippen LogP contribution in [0.1, 0.15) is 61.1 Å². The highest BCUT2D eigenvalue weighted by atomic mass is 16.6. The summed E-state index contributed by atoms with van der Waals surface area (Å²) in [4.78, 5) is 26.0. The van der Waals surface area contributed by atoms with Crippen molar-refractivity contribution in [1.82, 2.24) is 4.90 Å². The number of primary amides is 1. The molecule has 1 saturated heterocycles. The molecule has 154 valence electrons. The van der Waals surface area contributed by atoms with E-state index in [1.54, 1.807) is 43.0 Å². The maximum Gasteiger partial charge on any atom is 0.411 e. The number of benzene rings is 2. The van der Waals surface area contributed by atoms with E-state index in [0.717, 1.165) is 11.1 Å². The number of rotatable bonds is 6. The van der Waals surface area contributed by atoms with Gasteiger partial charge in [0.15, 0.2) is 0 Å². The van der Waals surface area contributed by atoms with Crippen molar-refractivity contribution in [3.63, 3.8) is 0 Å². The van der Waals surface area contributed by atoms with E-state index in [1.807, 2.05) is 37.3 Å². The SMILES string of the molecule is CC(c1ccc(C(N)=O)cc1)N1CCC(CC(C)(C)O)(c2ccccc2)OC1=O. The predicted octanol–water partition coefficient (Wildman–Crippen LogP) is 3.75. The first-order valence-electron chi connectivity index (χ1n) is 9.79. The van der Waals surface area contributed by atoms with Gasteiger partial charge in [0.25, 0.3) is 0 Å². The third-order valence-electron chi connectivity index (χ3n) is 5.44. The standard InChI is InChI=1S/C23H28N2O4/c1-16(17-9-11-18(12-10-17)20(24)26)25-14-13-23(29-21(25)27,15-22(2,3)28)19-7-5-4-6-8-19/h4-12,16,28H,13-15H2,1-3H3,(H2,24,26). The molecule has 0 aromatic heterocycles. The third kappa shape index (κ3) is 4.59. The van der Waals surface area contributed by atoms with Gasteiger partial charge in [-0.1, -0.05) is 42.5 Å². The summed E-state index contributed by atoms with van der Waals surface area (Å²) in [7, 11) is 0. The second-order valence-electron chi connectivity index (χ2n) is 8.32. The minimum Gasteiger partial charge on any atom is -0.438 e. The van der Waals surface area contributed by atoms with Gasteiger partial charge in [-0.2, -0.15) is 0 Å². The van der Waals surface area contributed by atoms with E-state index in [2.05, 4.69) is 0 Å². The molecule has 2 atom stereocenters. The van der Waals surface area contributed by atoms with Crippen LogP contribution in [-0.2, 0) is 10.3 Å². The zero-order chi connectivity index (χ0) is 21.2. The second kappa shape index (κ2) is 7.87. The van der Waals surface area contributed by atoms with Crippen LogP contribution in [0.4, 0.5) is 4.79 Å². The molecule has 0 aliphatic carbocycles. The summed E-state index contributed by atoms with van der Waals surface area (Å²) in [6.07, 6.45) is 0.456. The second-order valence-corrected chi connectivity index (χ2v) is 8.32. The summed E-state index contributed by atoms with van der Waals surface area (Å²) >= 11 is 0. The Labute approximate surface area is 171 Å². The van der Waals surface area contributed by atoms with Gasteiger partial charge in [0.05, 0.1) is 11.6 Å². The molecule has 6 heteroatoms. The van der Waals surface area contributed by atoms with E-state index in [9.17, 15) is 14.7 Å². The quantitative estimate of drug-likeness (QED) is 0.778. The van der Waals surface area contributed by atoms with Gasteiger partial charge in [-0.15, -0.1) is 0 Å². The van der Waals surface area contributed by atoms with E-state index in [4.69, 9.17) is 10.5 Å². The highest BCUT2D eigenvalue weighted by molar-refractivity contribution is 5.92. The van der Waals surface area contributed by atoms with Crippen molar-refractivity contribution in [1.29, 1.82) is 0 Å². The van der Waals surface area contributed by atoms with Gasteiger partial charge >= 0.3 is 6.09 Å². The van der Waals surface area contributed by atoms with Crippen LogP contribution in [0.15, 0.2) is 54.6 Å². The lowest BCUT2D eigenvalue weighted by Crippen LogP contribution is -2.51. The summed E-state index contributed by atoms with van der Waals surface area (Å²) in [6.45, 7) is 5.86. The number of hydrogen-bond acceptors (Lipinski definition) is 4. The largest absolute Gasteiger partial charge is 0.438 e. The van der Waals surface area contributed by atoms with Crippen LogP contribution in [0.5, 0.6) is 0 Å². The van der Waals surface area contributed by atoms with Gasteiger partial charge in [-0.25, -0.2) is 4.79 Å². The lowest BCUT2D eigenvalue weighted by molar-refractivity contribution is -0.101. The zero-order valence-corrected chi connectivity index (χ0v) is 17.1. The van der Waals surface area contributed by atoms with E-state index < -0.39 is 23.2 Å². The Bertz CT molecular complexity index is 874. The maximum absolute atomic E-state index is 13.0. The monoisotopic (exact) mass is 396 g/mol. The number of amides is 2. The van der Waals surface area contributed by atoms with E-state index in [-0.39, 0.29) is 6.04 Å². The third-order valence-corrected chi connectivity index (χ3v) is 5.44. The molecule has 2 aromatic rings. The number of carbonyl (C=O) groups is 2. The number of aliphatic hydroxyl groups is 1. The first-order valence-corrected chi connectivity index (χ1v) is 9.79. The first-order chi connectivity index (χ1) is 13.6. The fourth-order valence-corrected chi connectivity index (χ4v) is 4.00. The van der Waals surface area contributed by atoms with Crippen molar-refractivity contribution in [2.75, 3.05) is 6.54 Å². The molecule has 1 fully saturated rings. The van der Waals surface area contributed by atoms with Crippen LogP contribution in [0, 0.1) is 0 Å². The Balaban J connectivity index is 1.83. The fourth-order valence-electron chi connectivity index (χ4n) is 4.00. The van der Waals surface area contributed by atoms with Crippen molar-refractivity contribution in [2.24, 2.45) is 5.73 Å². The van der Waals surface area contributed by atoms with Crippen molar-refractivity contribution < 1.29 is 19.4 Å². The minimum atomic E-state index is -0.992. The molecule has 6 nitrogen and oxygen atoms in total. The molecule has 1 aliphatic heterocycles. The average molecular weight is 396 g/mol. The Morgan fingerprint density at radius 3 is 2.34 bits per heavy atom. The van der Waals surface area contributed by atoms with Crippen molar-refractivity contribution in [3.05, 3.63) is 71.3 Å². The molecular weight excluding hydrogens is 368 g/mol. The number of carbonyl (C=O) groups excluding carboxylic acids is 2. The molecule has 0 bridgehead atoms. The van der Waals surface area contributed by atoms with Crippen molar-refractivity contribution in [2.45, 2.75) is 50.9 Å². The predicted molar refractivity (Wildman–Crippen MR) is 110 cm³/mol. The van der Waals surface area contributed by atoms with Crippen LogP contribution >= 0.6 is 0 Å². The van der Waals surface area contributed by atoms with Crippen LogP contribution in [0.25, 0.3) is 0 Å². The van der Waals surface area contributed by atoms with Crippen molar-refractivity contribution in [3.8, 4) is 0 Å². The lowest BCUT2D eigenvalue weighted by Gasteiger charge is -2.45. The molecule has 2 unspecified atom stereocenters. The summed E-state index contributed by atoms with van der Waals surface area (Å²) < 4.78 is 6.01. The molecule has 0 radical (unpaired) electrons. The molecular formula is C23H28N2O4. The van der Waals surface area contributed by atoms with E-state index in [1.165, 1.54) is 0 Å². The molecule has 1 heterocycles. The normalized spacial score (nSPS) is 20.8. The van der Waals surface area contributed by atoms with Crippen LogP contribution in [0.2, 0.25) is 0 Å². The average Bonchev–Trinajstić information content (AvgIpc) is 2.67. The summed E-state index contributed by atoms with van der Waals surface area (Å²) in [6, 6.07) is 16.3. The number of ether oxygens (including phenoxy) is 1. The van der Waals surface area contributed by atoms with Crippen molar-refractivity contribution >= 4 is 12.0 Å². The summed E-state index contributed by atoms with van der Waals surface area (Å²) in [5.74, 6) is -0.485. The molecule has 1 aliphatic rings. The topological polar surface area (TPSA) is 92.9 Å². The smallest absolute Gasteiger partial charge is 0.411 e. The van der Waals surface area contributed by atoms with Gasteiger partial charge < -0.3 is 20.5 Å². The number of nitrogens with zero attached hydrogens (tertiary/aromatic N) is 1. The van der Waals surface area contributed by atoms with Gasteiger partial charge in [0, 0.05) is 24.9 Å². The first kappa shape index (κ1) is 20.9. The van der Waals surface area contributed by atoms with Crippen LogP contribution < -0.4 is 5.73 Å². The highest BCUT2D eigenvalue weighted by Gasteiger charge is 2.46. The maximum atomic E-state index is 13.0. The molecule has 0 saturated carbocycles. The van der Waals surface area contributed by atoms with Gasteiger partial charge in [0.2, 0.25) is 5.91 Å². The molecule has 29 heavy (non-hydrogen) atoms. The number of nitrogens with two attached hydrogens (primary N) is 1. The molecule has 2 aromatic carbocycles. The molecule has 2 amide bonds. The highest BCUT2D eigenvalue weighted by Crippen LogP contribution is 2.42. The Hall–Kier alpha value is -2.86. The number of hydrogen-bond donors (Lipinski definition) is 2. The Kier molecular flexibility index (Phi) is 5.66. The van der Waals surface area contributed by atoms with E-state index >= 15 is 0 Å². The summed E-state index contributed by atoms with van der Waals surface area (Å²) in [5.41, 5.74) is 5.63. The lowest BCUT2D eigenvalue weighted by atomic mass is 9.80. The zero-order valence-electron chi connectivity index (χ0n) is 17.1.